The Hall–Kier alpha value is -2.93. The molecule has 2 aromatic rings. The third-order valence-electron chi connectivity index (χ3n) is 4.50. The second-order valence-corrected chi connectivity index (χ2v) is 7.71. The number of nitrogens with one attached hydrogen (secondary N) is 2. The molecule has 3 rings (SSSR count). The maximum absolute atomic E-state index is 12.5. The van der Waals surface area contributed by atoms with Crippen molar-refractivity contribution in [2.45, 2.75) is 26.3 Å². The van der Waals surface area contributed by atoms with Crippen molar-refractivity contribution < 1.29 is 14.7 Å². The van der Waals surface area contributed by atoms with E-state index in [1.807, 2.05) is 63.2 Å². The number of carbonyl (C=O) groups excluding carboxylic acids is 2. The SMILES string of the molecule is Cc1ccccc1N1C(O)=CC(=O)N[C@@H]1SCC(=O)Nc1c(C)cccc1C. The molecule has 1 aliphatic rings. The number of aliphatic hydroxyl groups is 1. The van der Waals surface area contributed by atoms with Crippen molar-refractivity contribution in [1.29, 1.82) is 0 Å². The summed E-state index contributed by atoms with van der Waals surface area (Å²) >= 11 is 1.24. The fraction of sp³-hybridized carbons (Fsp3) is 0.238. The summed E-state index contributed by atoms with van der Waals surface area (Å²) in [6, 6.07) is 13.4. The first-order valence-corrected chi connectivity index (χ1v) is 9.95. The van der Waals surface area contributed by atoms with Gasteiger partial charge in [-0.2, -0.15) is 0 Å². The van der Waals surface area contributed by atoms with Crippen molar-refractivity contribution in [3.63, 3.8) is 0 Å². The van der Waals surface area contributed by atoms with Gasteiger partial charge in [0.05, 0.1) is 11.8 Å². The number of aliphatic hydroxyl groups excluding tert-OH is 1. The second kappa shape index (κ2) is 8.39. The Morgan fingerprint density at radius 1 is 1.11 bits per heavy atom. The Kier molecular flexibility index (Phi) is 5.94. The number of nitrogens with zero attached hydrogens (tertiary/aromatic N) is 1. The first-order valence-electron chi connectivity index (χ1n) is 8.90. The number of aryl methyl sites for hydroxylation is 3. The number of hydrogen-bond donors (Lipinski definition) is 3. The molecule has 0 saturated carbocycles. The first-order chi connectivity index (χ1) is 13.4. The number of carbonyl (C=O) groups is 2. The van der Waals surface area contributed by atoms with E-state index in [9.17, 15) is 14.7 Å². The molecule has 1 atom stereocenters. The zero-order valence-electron chi connectivity index (χ0n) is 16.0. The Morgan fingerprint density at radius 3 is 2.43 bits per heavy atom. The van der Waals surface area contributed by atoms with Crippen molar-refractivity contribution in [3.8, 4) is 0 Å². The predicted molar refractivity (Wildman–Crippen MR) is 113 cm³/mol. The fourth-order valence-electron chi connectivity index (χ4n) is 3.08. The van der Waals surface area contributed by atoms with Gasteiger partial charge in [-0.3, -0.25) is 14.5 Å². The van der Waals surface area contributed by atoms with Crippen molar-refractivity contribution in [2.75, 3.05) is 16.0 Å². The number of benzene rings is 2. The maximum Gasteiger partial charge on any atom is 0.251 e. The Balaban J connectivity index is 1.74. The summed E-state index contributed by atoms with van der Waals surface area (Å²) < 4.78 is 0. The zero-order chi connectivity index (χ0) is 20.3. The third-order valence-corrected chi connectivity index (χ3v) is 5.57. The largest absolute Gasteiger partial charge is 0.494 e. The summed E-state index contributed by atoms with van der Waals surface area (Å²) in [6.07, 6.45) is 1.14. The Bertz CT molecular complexity index is 922. The topological polar surface area (TPSA) is 81.7 Å². The van der Waals surface area contributed by atoms with Crippen LogP contribution in [-0.2, 0) is 9.59 Å². The molecule has 0 saturated heterocycles. The molecular weight excluding hydrogens is 374 g/mol. The summed E-state index contributed by atoms with van der Waals surface area (Å²) in [5.41, 5.74) is 3.91. The van der Waals surface area contributed by atoms with E-state index in [1.54, 1.807) is 4.90 Å². The quantitative estimate of drug-likeness (QED) is 0.718. The van der Waals surface area contributed by atoms with Gasteiger partial charge in [0, 0.05) is 11.4 Å². The van der Waals surface area contributed by atoms with Crippen molar-refractivity contribution >= 4 is 35.0 Å². The fourth-order valence-corrected chi connectivity index (χ4v) is 4.03. The number of para-hydroxylation sites is 2. The van der Waals surface area contributed by atoms with Gasteiger partial charge in [0.15, 0.2) is 11.4 Å². The van der Waals surface area contributed by atoms with Crippen LogP contribution < -0.4 is 15.5 Å². The molecule has 3 N–H and O–H groups in total. The first kappa shape index (κ1) is 19.8. The van der Waals surface area contributed by atoms with E-state index < -0.39 is 11.4 Å². The lowest BCUT2D eigenvalue weighted by atomic mass is 10.1. The van der Waals surface area contributed by atoms with E-state index in [1.165, 1.54) is 11.8 Å². The summed E-state index contributed by atoms with van der Waals surface area (Å²) in [7, 11) is 0. The number of rotatable bonds is 5. The van der Waals surface area contributed by atoms with Crippen LogP contribution in [0, 0.1) is 20.8 Å². The molecular formula is C21H23N3O3S. The molecule has 0 bridgehead atoms. The van der Waals surface area contributed by atoms with Crippen molar-refractivity contribution in [1.82, 2.24) is 5.32 Å². The van der Waals surface area contributed by atoms with Crippen LogP contribution >= 0.6 is 11.8 Å². The van der Waals surface area contributed by atoms with Crippen LogP contribution in [0.15, 0.2) is 54.4 Å². The van der Waals surface area contributed by atoms with Gasteiger partial charge >= 0.3 is 0 Å². The number of thioether (sulfide) groups is 1. The Labute approximate surface area is 168 Å². The van der Waals surface area contributed by atoms with E-state index in [4.69, 9.17) is 0 Å². The lowest BCUT2D eigenvalue weighted by molar-refractivity contribution is -0.117. The van der Waals surface area contributed by atoms with Gasteiger partial charge in [0.25, 0.3) is 5.91 Å². The summed E-state index contributed by atoms with van der Waals surface area (Å²) in [5, 5.41) is 16.1. The van der Waals surface area contributed by atoms with Gasteiger partial charge in [0.1, 0.15) is 0 Å². The predicted octanol–water partition coefficient (Wildman–Crippen LogP) is 3.60. The van der Waals surface area contributed by atoms with Gasteiger partial charge in [-0.15, -0.1) is 11.8 Å². The summed E-state index contributed by atoms with van der Waals surface area (Å²) in [5.74, 6) is -0.592. The van der Waals surface area contributed by atoms with E-state index in [0.29, 0.717) is 0 Å². The highest BCUT2D eigenvalue weighted by molar-refractivity contribution is 8.00. The second-order valence-electron chi connectivity index (χ2n) is 6.65. The molecule has 6 nitrogen and oxygen atoms in total. The van der Waals surface area contributed by atoms with Crippen LogP contribution in [0.3, 0.4) is 0 Å². The van der Waals surface area contributed by atoms with Gasteiger partial charge < -0.3 is 15.7 Å². The van der Waals surface area contributed by atoms with E-state index in [0.717, 1.165) is 34.1 Å². The lowest BCUT2D eigenvalue weighted by Gasteiger charge is -2.35. The minimum atomic E-state index is -0.595. The third kappa shape index (κ3) is 4.31. The van der Waals surface area contributed by atoms with Gasteiger partial charge in [-0.25, -0.2) is 0 Å². The molecule has 146 valence electrons. The molecule has 1 aliphatic heterocycles. The highest BCUT2D eigenvalue weighted by Gasteiger charge is 2.30. The monoisotopic (exact) mass is 397 g/mol. The smallest absolute Gasteiger partial charge is 0.251 e. The van der Waals surface area contributed by atoms with Crippen molar-refractivity contribution in [2.24, 2.45) is 0 Å². The van der Waals surface area contributed by atoms with Gasteiger partial charge in [-0.1, -0.05) is 36.4 Å². The van der Waals surface area contributed by atoms with Crippen LogP contribution in [0.1, 0.15) is 16.7 Å². The molecule has 2 amide bonds. The molecule has 0 aromatic heterocycles. The van der Waals surface area contributed by atoms with Gasteiger partial charge in [0.2, 0.25) is 5.91 Å². The molecule has 0 radical (unpaired) electrons. The molecule has 7 heteroatoms. The highest BCUT2D eigenvalue weighted by Crippen LogP contribution is 2.30. The number of amides is 2. The molecule has 1 heterocycles. The zero-order valence-corrected chi connectivity index (χ0v) is 16.8. The molecule has 0 aliphatic carbocycles. The van der Waals surface area contributed by atoms with Crippen LogP contribution in [0.2, 0.25) is 0 Å². The molecule has 2 aromatic carbocycles. The normalized spacial score (nSPS) is 16.4. The minimum Gasteiger partial charge on any atom is -0.494 e. The number of hydrogen-bond acceptors (Lipinski definition) is 5. The number of anilines is 2. The maximum atomic E-state index is 12.5. The standard InChI is InChI=1S/C21H23N3O3S/c1-13-7-4-5-10-16(13)24-19(27)11-17(25)23-21(24)28-12-18(26)22-20-14(2)8-6-9-15(20)3/h4-11,21,27H,12H2,1-3H3,(H,22,26)(H,23,25)/t21-/m0/s1. The average molecular weight is 398 g/mol. The summed E-state index contributed by atoms with van der Waals surface area (Å²) in [4.78, 5) is 26.0. The molecule has 28 heavy (non-hydrogen) atoms. The summed E-state index contributed by atoms with van der Waals surface area (Å²) in [6.45, 7) is 5.81. The molecule has 0 fully saturated rings. The van der Waals surface area contributed by atoms with E-state index >= 15 is 0 Å². The van der Waals surface area contributed by atoms with Gasteiger partial charge in [-0.05, 0) is 43.5 Å². The lowest BCUT2D eigenvalue weighted by Crippen LogP contribution is -2.50. The van der Waals surface area contributed by atoms with Crippen LogP contribution in [-0.4, -0.2) is 28.2 Å². The van der Waals surface area contributed by atoms with Crippen LogP contribution in [0.25, 0.3) is 0 Å². The molecule has 0 spiro atoms. The van der Waals surface area contributed by atoms with Crippen molar-refractivity contribution in [3.05, 3.63) is 71.1 Å². The highest BCUT2D eigenvalue weighted by atomic mass is 32.2. The molecule has 0 unspecified atom stereocenters. The van der Waals surface area contributed by atoms with Crippen LogP contribution in [0.5, 0.6) is 0 Å². The van der Waals surface area contributed by atoms with E-state index in [2.05, 4.69) is 10.6 Å². The van der Waals surface area contributed by atoms with E-state index in [-0.39, 0.29) is 17.5 Å². The van der Waals surface area contributed by atoms with Crippen LogP contribution in [0.4, 0.5) is 11.4 Å². The minimum absolute atomic E-state index is 0.119. The average Bonchev–Trinajstić information content (AvgIpc) is 2.64. The Morgan fingerprint density at radius 2 is 1.75 bits per heavy atom.